The van der Waals surface area contributed by atoms with Gasteiger partial charge in [0, 0.05) is 6.42 Å². The van der Waals surface area contributed by atoms with Crippen molar-refractivity contribution in [1.82, 2.24) is 15.0 Å². The molecule has 0 saturated heterocycles. The quantitative estimate of drug-likeness (QED) is 0.918. The van der Waals surface area contributed by atoms with Gasteiger partial charge in [-0.25, -0.2) is 13.5 Å². The number of aromatic nitrogens is 3. The molecule has 0 unspecified atom stereocenters. The fourth-order valence-electron chi connectivity index (χ4n) is 1.61. The lowest BCUT2D eigenvalue weighted by atomic mass is 10.2. The van der Waals surface area contributed by atoms with E-state index >= 15 is 0 Å². The Bertz CT molecular complexity index is 625. The molecule has 1 heterocycles. The molecule has 0 radical (unpaired) electrons. The van der Waals surface area contributed by atoms with E-state index in [9.17, 15) is 13.6 Å². The molecule has 0 aliphatic heterocycles. The minimum Gasteiger partial charge on any atom is -0.481 e. The van der Waals surface area contributed by atoms with Crippen molar-refractivity contribution >= 4 is 5.97 Å². The van der Waals surface area contributed by atoms with Gasteiger partial charge < -0.3 is 5.11 Å². The minimum atomic E-state index is -0.970. The van der Waals surface area contributed by atoms with E-state index in [4.69, 9.17) is 5.11 Å². The number of carboxylic acids is 1. The van der Waals surface area contributed by atoms with Crippen LogP contribution in [-0.2, 0) is 11.2 Å². The Morgan fingerprint density at radius 2 is 2.16 bits per heavy atom. The van der Waals surface area contributed by atoms with E-state index in [-0.39, 0.29) is 18.5 Å². The Hall–Kier alpha value is -2.31. The van der Waals surface area contributed by atoms with Crippen LogP contribution in [-0.4, -0.2) is 26.1 Å². The molecule has 0 atom stereocenters. The smallest absolute Gasteiger partial charge is 0.303 e. The zero-order valence-electron chi connectivity index (χ0n) is 10.1. The van der Waals surface area contributed by atoms with Crippen LogP contribution < -0.4 is 0 Å². The van der Waals surface area contributed by atoms with Crippen LogP contribution in [0.4, 0.5) is 8.78 Å². The molecule has 5 nitrogen and oxygen atoms in total. The van der Waals surface area contributed by atoms with E-state index in [0.29, 0.717) is 11.3 Å². The zero-order valence-corrected chi connectivity index (χ0v) is 10.1. The molecule has 7 heteroatoms. The molecule has 1 aromatic heterocycles. The highest BCUT2D eigenvalue weighted by molar-refractivity contribution is 5.66. The Morgan fingerprint density at radius 3 is 2.84 bits per heavy atom. The van der Waals surface area contributed by atoms with Crippen molar-refractivity contribution in [2.75, 3.05) is 0 Å². The summed E-state index contributed by atoms with van der Waals surface area (Å²) in [5.41, 5.74) is 0.343. The van der Waals surface area contributed by atoms with Gasteiger partial charge in [-0.3, -0.25) is 4.79 Å². The number of aryl methyl sites for hydroxylation is 2. The first-order valence-electron chi connectivity index (χ1n) is 5.57. The third-order valence-electron chi connectivity index (χ3n) is 2.62. The number of halogens is 2. The number of aliphatic carboxylic acids is 1. The predicted molar refractivity (Wildman–Crippen MR) is 62.0 cm³/mol. The molecule has 0 spiro atoms. The highest BCUT2D eigenvalue weighted by Crippen LogP contribution is 2.20. The van der Waals surface area contributed by atoms with E-state index in [1.807, 2.05) is 0 Å². The Morgan fingerprint density at radius 1 is 1.42 bits per heavy atom. The lowest BCUT2D eigenvalue weighted by Gasteiger charge is -2.05. The van der Waals surface area contributed by atoms with Crippen molar-refractivity contribution < 1.29 is 18.7 Å². The normalized spacial score (nSPS) is 10.7. The van der Waals surface area contributed by atoms with Gasteiger partial charge in [-0.1, -0.05) is 11.3 Å². The highest BCUT2D eigenvalue weighted by Gasteiger charge is 2.15. The molecule has 1 N–H and O–H groups in total. The minimum absolute atomic E-state index is 0.114. The maximum Gasteiger partial charge on any atom is 0.303 e. The summed E-state index contributed by atoms with van der Waals surface area (Å²) in [5, 5.41) is 15.9. The maximum absolute atomic E-state index is 13.8. The summed E-state index contributed by atoms with van der Waals surface area (Å²) in [4.78, 5) is 10.4. The third kappa shape index (κ3) is 2.75. The maximum atomic E-state index is 13.8. The number of hydrogen-bond acceptors (Lipinski definition) is 3. The third-order valence-corrected chi connectivity index (χ3v) is 2.62. The summed E-state index contributed by atoms with van der Waals surface area (Å²) < 4.78 is 28.4. The molecule has 19 heavy (non-hydrogen) atoms. The van der Waals surface area contributed by atoms with Crippen molar-refractivity contribution in [1.29, 1.82) is 0 Å². The van der Waals surface area contributed by atoms with E-state index in [0.717, 1.165) is 10.7 Å². The van der Waals surface area contributed by atoms with Crippen molar-refractivity contribution in [2.24, 2.45) is 0 Å². The number of rotatable bonds is 4. The van der Waals surface area contributed by atoms with Gasteiger partial charge in [0.1, 0.15) is 5.69 Å². The van der Waals surface area contributed by atoms with Crippen LogP contribution in [0.5, 0.6) is 0 Å². The zero-order chi connectivity index (χ0) is 14.0. The van der Waals surface area contributed by atoms with Crippen LogP contribution in [0.25, 0.3) is 5.69 Å². The molecule has 0 fully saturated rings. The van der Waals surface area contributed by atoms with Crippen molar-refractivity contribution in [3.63, 3.8) is 0 Å². The van der Waals surface area contributed by atoms with Crippen LogP contribution in [0.2, 0.25) is 0 Å². The van der Waals surface area contributed by atoms with Gasteiger partial charge in [0.05, 0.1) is 18.3 Å². The molecule has 0 aliphatic rings. The average molecular weight is 267 g/mol. The molecular formula is C12H11F2N3O2. The second kappa shape index (κ2) is 5.13. The summed E-state index contributed by atoms with van der Waals surface area (Å²) >= 11 is 0. The topological polar surface area (TPSA) is 68.0 Å². The average Bonchev–Trinajstić information content (AvgIpc) is 2.80. The summed E-state index contributed by atoms with van der Waals surface area (Å²) in [6, 6.07) is 2.47. The van der Waals surface area contributed by atoms with Crippen LogP contribution >= 0.6 is 0 Å². The molecule has 2 rings (SSSR count). The van der Waals surface area contributed by atoms with E-state index < -0.39 is 17.6 Å². The van der Waals surface area contributed by atoms with Crippen molar-refractivity contribution in [3.05, 3.63) is 41.2 Å². The second-order valence-corrected chi connectivity index (χ2v) is 4.08. The molecular weight excluding hydrogens is 256 g/mol. The first-order chi connectivity index (χ1) is 8.99. The number of carbonyl (C=O) groups is 1. The Labute approximate surface area is 107 Å². The number of hydrogen-bond donors (Lipinski definition) is 1. The van der Waals surface area contributed by atoms with Gasteiger partial charge in [-0.15, -0.1) is 5.10 Å². The van der Waals surface area contributed by atoms with Crippen LogP contribution in [0.1, 0.15) is 17.7 Å². The largest absolute Gasteiger partial charge is 0.481 e. The standard InChI is InChI=1S/C12H11F2N3O2/c1-7-2-4-9(13)12(11(7)14)17-6-8(15-16-17)3-5-10(18)19/h2,4,6H,3,5H2,1H3,(H,18,19). The number of benzene rings is 1. The van der Waals surface area contributed by atoms with Gasteiger partial charge in [0.2, 0.25) is 0 Å². The predicted octanol–water partition coefficient (Wildman–Crippen LogP) is 1.87. The van der Waals surface area contributed by atoms with Gasteiger partial charge in [-0.05, 0) is 18.6 Å². The molecule has 0 amide bonds. The van der Waals surface area contributed by atoms with E-state index in [1.54, 1.807) is 0 Å². The lowest BCUT2D eigenvalue weighted by Crippen LogP contribution is -2.04. The van der Waals surface area contributed by atoms with Gasteiger partial charge in [-0.2, -0.15) is 0 Å². The summed E-state index contributed by atoms with van der Waals surface area (Å²) in [7, 11) is 0. The first-order valence-corrected chi connectivity index (χ1v) is 5.57. The fraction of sp³-hybridized carbons (Fsp3) is 0.250. The highest BCUT2D eigenvalue weighted by atomic mass is 19.1. The molecule has 0 saturated carbocycles. The van der Waals surface area contributed by atoms with Crippen LogP contribution in [0, 0.1) is 18.6 Å². The first kappa shape index (κ1) is 13.1. The lowest BCUT2D eigenvalue weighted by molar-refractivity contribution is -0.136. The van der Waals surface area contributed by atoms with Gasteiger partial charge in [0.25, 0.3) is 0 Å². The Kier molecular flexibility index (Phi) is 3.55. The van der Waals surface area contributed by atoms with Crippen molar-refractivity contribution in [2.45, 2.75) is 19.8 Å². The van der Waals surface area contributed by atoms with Gasteiger partial charge in [0.15, 0.2) is 11.6 Å². The second-order valence-electron chi connectivity index (χ2n) is 4.08. The molecule has 0 aliphatic carbocycles. The van der Waals surface area contributed by atoms with E-state index in [1.165, 1.54) is 19.2 Å². The van der Waals surface area contributed by atoms with E-state index in [2.05, 4.69) is 10.3 Å². The van der Waals surface area contributed by atoms with Gasteiger partial charge >= 0.3 is 5.97 Å². The summed E-state index contributed by atoms with van der Waals surface area (Å²) in [6.07, 6.45) is 1.37. The number of carboxylic acid groups (broad SMARTS) is 1. The Balaban J connectivity index is 2.33. The van der Waals surface area contributed by atoms with Crippen molar-refractivity contribution in [3.8, 4) is 5.69 Å². The SMILES string of the molecule is Cc1ccc(F)c(-n2cc(CCC(=O)O)nn2)c1F. The van der Waals surface area contributed by atoms with Crippen LogP contribution in [0.15, 0.2) is 18.3 Å². The number of nitrogens with zero attached hydrogens (tertiary/aromatic N) is 3. The summed E-state index contributed by atoms with van der Waals surface area (Å²) in [5.74, 6) is -2.44. The molecule has 2 aromatic rings. The fourth-order valence-corrected chi connectivity index (χ4v) is 1.61. The molecule has 1 aromatic carbocycles. The monoisotopic (exact) mass is 267 g/mol. The van der Waals surface area contributed by atoms with Crippen LogP contribution in [0.3, 0.4) is 0 Å². The molecule has 0 bridgehead atoms. The summed E-state index contributed by atoms with van der Waals surface area (Å²) in [6.45, 7) is 1.51. The molecule has 100 valence electrons.